The Kier molecular flexibility index (Phi) is 4.24. The number of nitrogens with zero attached hydrogens (tertiary/aromatic N) is 1. The van der Waals surface area contributed by atoms with E-state index >= 15 is 0 Å². The lowest BCUT2D eigenvalue weighted by Gasteiger charge is -2.06. The Morgan fingerprint density at radius 1 is 1.04 bits per heavy atom. The van der Waals surface area contributed by atoms with E-state index in [1.807, 2.05) is 18.2 Å². The van der Waals surface area contributed by atoms with Gasteiger partial charge in [0.1, 0.15) is 0 Å². The minimum Gasteiger partial charge on any atom is -0.493 e. The van der Waals surface area contributed by atoms with Crippen LogP contribution >= 0.6 is 0 Å². The van der Waals surface area contributed by atoms with Crippen LogP contribution in [-0.2, 0) is 0 Å². The van der Waals surface area contributed by atoms with Crippen molar-refractivity contribution in [1.29, 1.82) is 0 Å². The van der Waals surface area contributed by atoms with Gasteiger partial charge in [-0.05, 0) is 29.3 Å². The van der Waals surface area contributed by atoms with Gasteiger partial charge in [0.05, 0.1) is 19.1 Å². The molecule has 24 heavy (non-hydrogen) atoms. The van der Waals surface area contributed by atoms with E-state index in [-0.39, 0.29) is 18.2 Å². The Bertz CT molecular complexity index is 815. The lowest BCUT2D eigenvalue weighted by molar-refractivity contribution is -0.385. The van der Waals surface area contributed by atoms with Crippen LogP contribution in [0, 0.1) is 10.1 Å². The first-order valence-corrected chi connectivity index (χ1v) is 7.10. The fourth-order valence-corrected chi connectivity index (χ4v) is 2.39. The second kappa shape index (κ2) is 6.49. The van der Waals surface area contributed by atoms with Crippen molar-refractivity contribution in [2.24, 2.45) is 0 Å². The summed E-state index contributed by atoms with van der Waals surface area (Å²) in [6.45, 7) is 0.156. The number of fused-ring (bicyclic) bond motifs is 1. The zero-order valence-corrected chi connectivity index (χ0v) is 13.1. The molecule has 3 rings (SSSR count). The van der Waals surface area contributed by atoms with Gasteiger partial charge in [-0.2, -0.15) is 0 Å². The number of rotatable bonds is 5. The fourth-order valence-electron chi connectivity index (χ4n) is 2.39. The molecular formula is C17H15NO6. The summed E-state index contributed by atoms with van der Waals surface area (Å²) in [6, 6.07) is 8.39. The van der Waals surface area contributed by atoms with E-state index < -0.39 is 4.92 Å². The van der Waals surface area contributed by atoms with E-state index in [2.05, 4.69) is 0 Å². The maximum Gasteiger partial charge on any atom is 0.311 e. The van der Waals surface area contributed by atoms with Gasteiger partial charge in [-0.1, -0.05) is 18.2 Å². The average Bonchev–Trinajstić information content (AvgIpc) is 3.07. The molecule has 0 saturated heterocycles. The van der Waals surface area contributed by atoms with Crippen molar-refractivity contribution in [2.45, 2.75) is 0 Å². The summed E-state index contributed by atoms with van der Waals surface area (Å²) in [5.41, 5.74) is 1.43. The molecular weight excluding hydrogens is 314 g/mol. The SMILES string of the molecule is COc1ccc(/C=C/c2cc(OC)c3c(c2)OCO3)cc1[N+](=O)[O-]. The third-order valence-corrected chi connectivity index (χ3v) is 3.55. The first-order chi connectivity index (χ1) is 11.6. The molecule has 1 aliphatic heterocycles. The molecule has 2 aromatic carbocycles. The van der Waals surface area contributed by atoms with Crippen LogP contribution in [0.4, 0.5) is 5.69 Å². The first-order valence-electron chi connectivity index (χ1n) is 7.10. The molecule has 0 fully saturated rings. The first kappa shape index (κ1) is 15.7. The molecule has 0 aromatic heterocycles. The van der Waals surface area contributed by atoms with Crippen molar-refractivity contribution in [3.63, 3.8) is 0 Å². The van der Waals surface area contributed by atoms with E-state index in [9.17, 15) is 10.1 Å². The summed E-state index contributed by atoms with van der Waals surface area (Å²) in [7, 11) is 2.95. The average molecular weight is 329 g/mol. The molecule has 124 valence electrons. The predicted octanol–water partition coefficient (Wildman–Crippen LogP) is 3.51. The molecule has 0 spiro atoms. The number of benzene rings is 2. The van der Waals surface area contributed by atoms with Crippen molar-refractivity contribution < 1.29 is 23.9 Å². The van der Waals surface area contributed by atoms with Crippen LogP contribution in [0.2, 0.25) is 0 Å². The molecule has 1 heterocycles. The van der Waals surface area contributed by atoms with Crippen LogP contribution in [0.3, 0.4) is 0 Å². The van der Waals surface area contributed by atoms with Crippen LogP contribution in [-0.4, -0.2) is 25.9 Å². The Morgan fingerprint density at radius 2 is 1.79 bits per heavy atom. The van der Waals surface area contributed by atoms with Crippen molar-refractivity contribution in [3.8, 4) is 23.0 Å². The Hall–Kier alpha value is -3.22. The van der Waals surface area contributed by atoms with Crippen molar-refractivity contribution in [3.05, 3.63) is 51.6 Å². The van der Waals surface area contributed by atoms with E-state index in [1.165, 1.54) is 13.2 Å². The van der Waals surface area contributed by atoms with Crippen molar-refractivity contribution in [2.75, 3.05) is 21.0 Å². The normalized spacial score (nSPS) is 12.4. The number of hydrogen-bond acceptors (Lipinski definition) is 6. The molecule has 0 aliphatic carbocycles. The second-order valence-corrected chi connectivity index (χ2v) is 4.98. The molecule has 0 atom stereocenters. The molecule has 0 N–H and O–H groups in total. The maximum absolute atomic E-state index is 11.1. The molecule has 7 heteroatoms. The summed E-state index contributed by atoms with van der Waals surface area (Å²) in [6.07, 6.45) is 3.58. The zero-order chi connectivity index (χ0) is 17.1. The highest BCUT2D eigenvalue weighted by molar-refractivity contribution is 5.74. The number of methoxy groups -OCH3 is 2. The van der Waals surface area contributed by atoms with Gasteiger partial charge in [-0.3, -0.25) is 10.1 Å². The molecule has 1 aliphatic rings. The minimum absolute atomic E-state index is 0.0806. The highest BCUT2D eigenvalue weighted by Crippen LogP contribution is 2.42. The van der Waals surface area contributed by atoms with Gasteiger partial charge in [0, 0.05) is 6.07 Å². The summed E-state index contributed by atoms with van der Waals surface area (Å²) in [4.78, 5) is 10.6. The number of hydrogen-bond donors (Lipinski definition) is 0. The van der Waals surface area contributed by atoms with Gasteiger partial charge >= 0.3 is 5.69 Å². The van der Waals surface area contributed by atoms with E-state index in [4.69, 9.17) is 18.9 Å². The smallest absolute Gasteiger partial charge is 0.311 e. The maximum atomic E-state index is 11.1. The molecule has 0 bridgehead atoms. The molecule has 0 unspecified atom stereocenters. The second-order valence-electron chi connectivity index (χ2n) is 4.98. The third kappa shape index (κ3) is 2.96. The van der Waals surface area contributed by atoms with Gasteiger partial charge < -0.3 is 18.9 Å². The van der Waals surface area contributed by atoms with Gasteiger partial charge in [0.15, 0.2) is 17.2 Å². The molecule has 0 saturated carbocycles. The highest BCUT2D eigenvalue weighted by Gasteiger charge is 2.19. The lowest BCUT2D eigenvalue weighted by atomic mass is 10.1. The fraction of sp³-hybridized carbons (Fsp3) is 0.176. The Balaban J connectivity index is 1.91. The molecule has 0 amide bonds. The van der Waals surface area contributed by atoms with Gasteiger partial charge in [0.25, 0.3) is 0 Å². The third-order valence-electron chi connectivity index (χ3n) is 3.55. The van der Waals surface area contributed by atoms with E-state index in [1.54, 1.807) is 25.3 Å². The lowest BCUT2D eigenvalue weighted by Crippen LogP contribution is -1.93. The van der Waals surface area contributed by atoms with Gasteiger partial charge in [-0.15, -0.1) is 0 Å². The van der Waals surface area contributed by atoms with E-state index in [0.29, 0.717) is 22.8 Å². The monoisotopic (exact) mass is 329 g/mol. The van der Waals surface area contributed by atoms with Crippen LogP contribution < -0.4 is 18.9 Å². The van der Waals surface area contributed by atoms with Gasteiger partial charge in [0.2, 0.25) is 12.5 Å². The summed E-state index contributed by atoms with van der Waals surface area (Å²) < 4.78 is 21.0. The topological polar surface area (TPSA) is 80.1 Å². The van der Waals surface area contributed by atoms with Crippen molar-refractivity contribution in [1.82, 2.24) is 0 Å². The minimum atomic E-state index is -0.472. The molecule has 7 nitrogen and oxygen atoms in total. The van der Waals surface area contributed by atoms with Crippen molar-refractivity contribution >= 4 is 17.8 Å². The van der Waals surface area contributed by atoms with Gasteiger partial charge in [-0.25, -0.2) is 0 Å². The van der Waals surface area contributed by atoms with Crippen LogP contribution in [0.5, 0.6) is 23.0 Å². The summed E-state index contributed by atoms with van der Waals surface area (Å²) in [5.74, 6) is 1.98. The van der Waals surface area contributed by atoms with Crippen LogP contribution in [0.25, 0.3) is 12.2 Å². The largest absolute Gasteiger partial charge is 0.493 e. The van der Waals surface area contributed by atoms with Crippen LogP contribution in [0.15, 0.2) is 30.3 Å². The number of nitro groups is 1. The zero-order valence-electron chi connectivity index (χ0n) is 13.1. The quantitative estimate of drug-likeness (QED) is 0.474. The summed E-state index contributed by atoms with van der Waals surface area (Å²) in [5, 5.41) is 11.1. The van der Waals surface area contributed by atoms with E-state index in [0.717, 1.165) is 5.56 Å². The number of ether oxygens (including phenoxy) is 4. The predicted molar refractivity (Wildman–Crippen MR) is 87.7 cm³/mol. The molecule has 2 aromatic rings. The highest BCUT2D eigenvalue weighted by atomic mass is 16.7. The standard InChI is InChI=1S/C17H15NO6/c1-21-14-6-5-11(7-13(14)18(19)20)3-4-12-8-15(22-2)17-16(9-12)23-10-24-17/h3-9H,10H2,1-2H3/b4-3+. The Morgan fingerprint density at radius 3 is 2.50 bits per heavy atom. The number of nitro benzene ring substituents is 1. The molecule has 0 radical (unpaired) electrons. The van der Waals surface area contributed by atoms with Crippen LogP contribution in [0.1, 0.15) is 11.1 Å². The summed E-state index contributed by atoms with van der Waals surface area (Å²) >= 11 is 0. The Labute approximate surface area is 138 Å².